The summed E-state index contributed by atoms with van der Waals surface area (Å²) < 4.78 is 61.1. The molecular weight excluding hydrogens is 506 g/mol. The van der Waals surface area contributed by atoms with E-state index in [9.17, 15) is 18.0 Å². The molecule has 0 aliphatic carbocycles. The molecule has 0 atom stereocenters. The van der Waals surface area contributed by atoms with Crippen LogP contribution in [-0.4, -0.2) is 51.8 Å². The van der Waals surface area contributed by atoms with Crippen molar-refractivity contribution in [2.75, 3.05) is 42.7 Å². The minimum atomic E-state index is -4.55. The van der Waals surface area contributed by atoms with Crippen molar-refractivity contribution in [2.45, 2.75) is 12.7 Å². The number of halogens is 4. The van der Waals surface area contributed by atoms with Crippen LogP contribution in [0.2, 0.25) is 0 Å². The SMILES string of the molecule is Nc1ncnn2c(CN3CCOCC3)cc(-c3ccc(NC(=O)Nc4cccc(C(F)(F)F)c4)cc3F)c12. The van der Waals surface area contributed by atoms with Crippen LogP contribution in [0.15, 0.2) is 54.9 Å². The zero-order valence-corrected chi connectivity index (χ0v) is 19.9. The highest BCUT2D eigenvalue weighted by molar-refractivity contribution is 6.00. The monoisotopic (exact) mass is 529 g/mol. The largest absolute Gasteiger partial charge is 0.416 e. The van der Waals surface area contributed by atoms with E-state index >= 15 is 4.39 Å². The van der Waals surface area contributed by atoms with E-state index in [1.54, 1.807) is 4.52 Å². The number of carbonyl (C=O) groups is 1. The zero-order valence-electron chi connectivity index (χ0n) is 19.9. The number of nitrogens with one attached hydrogen (secondary N) is 2. The lowest BCUT2D eigenvalue weighted by atomic mass is 10.1. The number of aromatic nitrogens is 3. The number of carbonyl (C=O) groups excluding carboxylic acids is 1. The molecule has 2 aromatic carbocycles. The van der Waals surface area contributed by atoms with E-state index in [1.807, 2.05) is 6.07 Å². The summed E-state index contributed by atoms with van der Waals surface area (Å²) in [6.07, 6.45) is -3.21. The number of fused-ring (bicyclic) bond motifs is 1. The second-order valence-electron chi connectivity index (χ2n) is 8.70. The van der Waals surface area contributed by atoms with Crippen molar-refractivity contribution >= 4 is 28.7 Å². The van der Waals surface area contributed by atoms with Crippen LogP contribution in [0, 0.1) is 5.82 Å². The summed E-state index contributed by atoms with van der Waals surface area (Å²) in [4.78, 5) is 18.6. The van der Waals surface area contributed by atoms with Gasteiger partial charge in [0.1, 0.15) is 17.7 Å². The first-order valence-corrected chi connectivity index (χ1v) is 11.7. The van der Waals surface area contributed by atoms with Gasteiger partial charge in [0.25, 0.3) is 0 Å². The van der Waals surface area contributed by atoms with Gasteiger partial charge in [-0.2, -0.15) is 18.3 Å². The predicted molar refractivity (Wildman–Crippen MR) is 133 cm³/mol. The van der Waals surface area contributed by atoms with Crippen LogP contribution < -0.4 is 16.4 Å². The molecule has 0 saturated carbocycles. The first-order valence-electron chi connectivity index (χ1n) is 11.7. The van der Waals surface area contributed by atoms with Crippen LogP contribution >= 0.6 is 0 Å². The van der Waals surface area contributed by atoms with Crippen LogP contribution in [0.3, 0.4) is 0 Å². The van der Waals surface area contributed by atoms with Crippen LogP contribution in [0.4, 0.5) is 39.5 Å². The number of alkyl halides is 3. The topological polar surface area (TPSA) is 110 Å². The highest BCUT2D eigenvalue weighted by atomic mass is 19.4. The Morgan fingerprint density at radius 1 is 1.03 bits per heavy atom. The second kappa shape index (κ2) is 10.3. The van der Waals surface area contributed by atoms with Gasteiger partial charge in [0.15, 0.2) is 5.82 Å². The molecule has 9 nitrogen and oxygen atoms in total. The Bertz CT molecular complexity index is 1480. The standard InChI is InChI=1S/C25H23F4N7O2/c26-21-11-17(34-24(37)33-16-3-1-2-15(10-16)25(27,28)29)4-5-19(21)20-12-18(13-35-6-8-38-9-7-35)36-22(20)23(30)31-14-32-36/h1-5,10-12,14H,6-9,13H2,(H2,30,31,32)(H2,33,34,37). The van der Waals surface area contributed by atoms with E-state index in [1.165, 1.54) is 30.6 Å². The molecule has 1 aliphatic rings. The van der Waals surface area contributed by atoms with Gasteiger partial charge in [-0.1, -0.05) is 6.07 Å². The molecule has 0 bridgehead atoms. The molecule has 1 fully saturated rings. The number of urea groups is 1. The smallest absolute Gasteiger partial charge is 0.382 e. The third-order valence-electron chi connectivity index (χ3n) is 6.11. The lowest BCUT2D eigenvalue weighted by Gasteiger charge is -2.26. The number of hydrogen-bond acceptors (Lipinski definition) is 6. The van der Waals surface area contributed by atoms with Gasteiger partial charge in [-0.25, -0.2) is 18.7 Å². The van der Waals surface area contributed by atoms with Crippen molar-refractivity contribution in [2.24, 2.45) is 0 Å². The molecule has 13 heteroatoms. The molecular formula is C25H23F4N7O2. The van der Waals surface area contributed by atoms with Gasteiger partial charge in [0.05, 0.1) is 24.5 Å². The summed E-state index contributed by atoms with van der Waals surface area (Å²) >= 11 is 0. The Hall–Kier alpha value is -4.23. The summed E-state index contributed by atoms with van der Waals surface area (Å²) in [5, 5.41) is 9.06. The highest BCUT2D eigenvalue weighted by Gasteiger charge is 2.30. The molecule has 2 aromatic heterocycles. The number of amides is 2. The lowest BCUT2D eigenvalue weighted by molar-refractivity contribution is -0.137. The van der Waals surface area contributed by atoms with Gasteiger partial charge in [-0.15, -0.1) is 0 Å². The molecule has 0 radical (unpaired) electrons. The molecule has 38 heavy (non-hydrogen) atoms. The van der Waals surface area contributed by atoms with Crippen LogP contribution in [0.5, 0.6) is 0 Å². The summed E-state index contributed by atoms with van der Waals surface area (Å²) in [5.74, 6) is -0.458. The number of nitrogens with zero attached hydrogens (tertiary/aromatic N) is 4. The van der Waals surface area contributed by atoms with Gasteiger partial charge in [0, 0.05) is 42.1 Å². The van der Waals surface area contributed by atoms with E-state index in [-0.39, 0.29) is 22.8 Å². The van der Waals surface area contributed by atoms with Gasteiger partial charge >= 0.3 is 12.2 Å². The maximum absolute atomic E-state index is 15.3. The van der Waals surface area contributed by atoms with Crippen molar-refractivity contribution in [1.29, 1.82) is 0 Å². The quantitative estimate of drug-likeness (QED) is 0.326. The number of ether oxygens (including phenoxy) is 1. The van der Waals surface area contributed by atoms with Crippen LogP contribution in [-0.2, 0) is 17.5 Å². The van der Waals surface area contributed by atoms with E-state index in [2.05, 4.69) is 25.6 Å². The molecule has 4 N–H and O–H groups in total. The normalized spacial score (nSPS) is 14.5. The van der Waals surface area contributed by atoms with Crippen molar-refractivity contribution in [3.05, 3.63) is 71.9 Å². The van der Waals surface area contributed by atoms with Crippen molar-refractivity contribution in [3.8, 4) is 11.1 Å². The first kappa shape index (κ1) is 25.4. The molecule has 4 aromatic rings. The van der Waals surface area contributed by atoms with E-state index in [0.717, 1.165) is 37.0 Å². The van der Waals surface area contributed by atoms with E-state index < -0.39 is 23.6 Å². The Labute approximate surface area is 214 Å². The number of benzene rings is 2. The van der Waals surface area contributed by atoms with Gasteiger partial charge in [0.2, 0.25) is 0 Å². The Balaban J connectivity index is 1.37. The number of morpholine rings is 1. The van der Waals surface area contributed by atoms with Gasteiger partial charge < -0.3 is 21.1 Å². The lowest BCUT2D eigenvalue weighted by Crippen LogP contribution is -2.36. The van der Waals surface area contributed by atoms with Crippen LogP contribution in [0.25, 0.3) is 16.6 Å². The van der Waals surface area contributed by atoms with Crippen LogP contribution in [0.1, 0.15) is 11.3 Å². The van der Waals surface area contributed by atoms with Gasteiger partial charge in [-0.3, -0.25) is 4.90 Å². The number of anilines is 3. The molecule has 1 aliphatic heterocycles. The Morgan fingerprint density at radius 3 is 2.47 bits per heavy atom. The summed E-state index contributed by atoms with van der Waals surface area (Å²) in [5.41, 5.74) is 7.25. The minimum Gasteiger partial charge on any atom is -0.382 e. The maximum Gasteiger partial charge on any atom is 0.416 e. The second-order valence-corrected chi connectivity index (χ2v) is 8.70. The molecule has 1 saturated heterocycles. The van der Waals surface area contributed by atoms with Gasteiger partial charge in [-0.05, 0) is 42.5 Å². The third-order valence-corrected chi connectivity index (χ3v) is 6.11. The maximum atomic E-state index is 15.3. The van der Waals surface area contributed by atoms with Crippen molar-refractivity contribution in [3.63, 3.8) is 0 Å². The number of nitrogen functional groups attached to an aromatic ring is 1. The molecule has 3 heterocycles. The molecule has 0 spiro atoms. The molecule has 198 valence electrons. The first-order chi connectivity index (χ1) is 18.2. The van der Waals surface area contributed by atoms with Crippen molar-refractivity contribution in [1.82, 2.24) is 19.5 Å². The number of hydrogen-bond donors (Lipinski definition) is 3. The fourth-order valence-corrected chi connectivity index (χ4v) is 4.32. The van der Waals surface area contributed by atoms with E-state index in [0.29, 0.717) is 30.8 Å². The predicted octanol–water partition coefficient (Wildman–Crippen LogP) is 4.61. The fraction of sp³-hybridized carbons (Fsp3) is 0.240. The molecule has 2 amide bonds. The Kier molecular flexibility index (Phi) is 6.87. The average Bonchev–Trinajstić information content (AvgIpc) is 3.23. The minimum absolute atomic E-state index is 0.0574. The number of rotatable bonds is 5. The summed E-state index contributed by atoms with van der Waals surface area (Å²) in [7, 11) is 0. The zero-order chi connectivity index (χ0) is 26.9. The van der Waals surface area contributed by atoms with Crippen molar-refractivity contribution < 1.29 is 27.1 Å². The molecule has 0 unspecified atom stereocenters. The summed E-state index contributed by atoms with van der Waals surface area (Å²) in [6, 6.07) is 9.26. The highest BCUT2D eigenvalue weighted by Crippen LogP contribution is 2.34. The fourth-order valence-electron chi connectivity index (χ4n) is 4.32. The average molecular weight is 529 g/mol. The molecule has 5 rings (SSSR count). The Morgan fingerprint density at radius 2 is 1.76 bits per heavy atom. The third kappa shape index (κ3) is 5.38. The summed E-state index contributed by atoms with van der Waals surface area (Å²) in [6.45, 7) is 3.30. The number of nitrogens with two attached hydrogens (primary N) is 1. The van der Waals surface area contributed by atoms with E-state index in [4.69, 9.17) is 10.5 Å².